The van der Waals surface area contributed by atoms with Gasteiger partial charge in [0, 0.05) is 18.6 Å². The van der Waals surface area contributed by atoms with E-state index >= 15 is 0 Å². The third-order valence-corrected chi connectivity index (χ3v) is 4.55. The van der Waals surface area contributed by atoms with Crippen LogP contribution in [0.15, 0.2) is 24.3 Å². The minimum atomic E-state index is -0.463. The van der Waals surface area contributed by atoms with Crippen LogP contribution in [0.2, 0.25) is 5.02 Å². The van der Waals surface area contributed by atoms with Gasteiger partial charge in [-0.1, -0.05) is 35.1 Å². The average molecular weight is 297 g/mol. The van der Waals surface area contributed by atoms with Crippen molar-refractivity contribution in [2.75, 3.05) is 11.9 Å². The third kappa shape index (κ3) is 3.47. The Morgan fingerprint density at radius 3 is 2.53 bits per heavy atom. The van der Waals surface area contributed by atoms with Crippen molar-refractivity contribution in [3.05, 3.63) is 45.4 Å². The van der Waals surface area contributed by atoms with Gasteiger partial charge < -0.3 is 10.0 Å². The van der Waals surface area contributed by atoms with E-state index < -0.39 is 6.10 Å². The Kier molecular flexibility index (Phi) is 4.45. The molecule has 0 saturated carbocycles. The molecule has 0 amide bonds. The lowest BCUT2D eigenvalue weighted by Gasteiger charge is -2.15. The summed E-state index contributed by atoms with van der Waals surface area (Å²) in [5.74, 6) is 0. The lowest BCUT2D eigenvalue weighted by molar-refractivity contribution is 0.202. The molecule has 5 heteroatoms. The van der Waals surface area contributed by atoms with Crippen LogP contribution in [-0.4, -0.2) is 17.1 Å². The van der Waals surface area contributed by atoms with Gasteiger partial charge in [-0.25, -0.2) is 4.98 Å². The van der Waals surface area contributed by atoms with Crippen LogP contribution in [0.5, 0.6) is 0 Å². The first kappa shape index (κ1) is 14.3. The highest BCUT2D eigenvalue weighted by atomic mass is 35.5. The number of benzene rings is 1. The van der Waals surface area contributed by atoms with Crippen molar-refractivity contribution in [2.24, 2.45) is 0 Å². The van der Waals surface area contributed by atoms with Crippen LogP contribution in [0.3, 0.4) is 0 Å². The van der Waals surface area contributed by atoms with E-state index in [9.17, 15) is 5.11 Å². The number of aliphatic hydroxyl groups excluding tert-OH is 1. The maximum Gasteiger partial charge on any atom is 0.185 e. The molecular weight excluding hydrogens is 280 g/mol. The second-order valence-corrected chi connectivity index (χ2v) is 6.05. The summed E-state index contributed by atoms with van der Waals surface area (Å²) in [6, 6.07) is 7.79. The van der Waals surface area contributed by atoms with Crippen molar-refractivity contribution < 1.29 is 5.11 Å². The van der Waals surface area contributed by atoms with Crippen molar-refractivity contribution in [1.82, 2.24) is 4.98 Å². The van der Waals surface area contributed by atoms with Crippen molar-refractivity contribution in [1.29, 1.82) is 0 Å². The molecule has 0 spiro atoms. The number of rotatable bonds is 4. The maximum atomic E-state index is 9.66. The molecule has 0 aliphatic rings. The minimum Gasteiger partial charge on any atom is -0.388 e. The Labute approximate surface area is 122 Å². The topological polar surface area (TPSA) is 36.4 Å². The van der Waals surface area contributed by atoms with Gasteiger partial charge in [-0.05, 0) is 31.5 Å². The highest BCUT2D eigenvalue weighted by Crippen LogP contribution is 2.30. The van der Waals surface area contributed by atoms with Gasteiger partial charge in [0.2, 0.25) is 0 Å². The van der Waals surface area contributed by atoms with Crippen LogP contribution in [0.1, 0.15) is 29.2 Å². The third-order valence-electron chi connectivity index (χ3n) is 2.86. The molecular formula is C14H17ClN2OS. The summed E-state index contributed by atoms with van der Waals surface area (Å²) in [6.07, 6.45) is -0.463. The second-order valence-electron chi connectivity index (χ2n) is 4.60. The van der Waals surface area contributed by atoms with E-state index in [1.807, 2.05) is 38.2 Å². The number of thiazole rings is 1. The quantitative estimate of drug-likeness (QED) is 0.932. The molecule has 3 nitrogen and oxygen atoms in total. The highest BCUT2D eigenvalue weighted by molar-refractivity contribution is 7.15. The summed E-state index contributed by atoms with van der Waals surface area (Å²) in [7, 11) is 2.00. The number of nitrogens with zero attached hydrogens (tertiary/aromatic N) is 2. The van der Waals surface area contributed by atoms with Gasteiger partial charge >= 0.3 is 0 Å². The summed E-state index contributed by atoms with van der Waals surface area (Å²) >= 11 is 7.41. The van der Waals surface area contributed by atoms with Crippen molar-refractivity contribution in [2.45, 2.75) is 26.5 Å². The van der Waals surface area contributed by atoms with Gasteiger partial charge in [0.15, 0.2) is 5.13 Å². The average Bonchev–Trinajstić information content (AvgIpc) is 2.74. The zero-order valence-electron chi connectivity index (χ0n) is 11.2. The van der Waals surface area contributed by atoms with Gasteiger partial charge in [-0.3, -0.25) is 0 Å². The molecule has 2 aromatic rings. The summed E-state index contributed by atoms with van der Waals surface area (Å²) in [6.45, 7) is 4.46. The van der Waals surface area contributed by atoms with Gasteiger partial charge in [-0.2, -0.15) is 0 Å². The molecule has 2 rings (SSSR count). The second kappa shape index (κ2) is 5.90. The number of aryl methyl sites for hydroxylation is 1. The molecule has 1 aromatic heterocycles. The molecule has 102 valence electrons. The summed E-state index contributed by atoms with van der Waals surface area (Å²) in [4.78, 5) is 7.51. The van der Waals surface area contributed by atoms with Crippen LogP contribution in [-0.2, 0) is 6.54 Å². The van der Waals surface area contributed by atoms with Gasteiger partial charge in [0.05, 0.1) is 16.7 Å². The molecule has 1 N–H and O–H groups in total. The van der Waals surface area contributed by atoms with E-state index in [4.69, 9.17) is 11.6 Å². The van der Waals surface area contributed by atoms with E-state index in [0.29, 0.717) is 0 Å². The molecule has 0 aliphatic heterocycles. The van der Waals surface area contributed by atoms with Crippen LogP contribution >= 0.6 is 22.9 Å². The molecule has 1 heterocycles. The number of hydrogen-bond acceptors (Lipinski definition) is 4. The standard InChI is InChI=1S/C14H17ClN2OS/c1-9-13(10(2)18)19-14(16-9)17(3)8-11-4-6-12(15)7-5-11/h4-7,10,18H,8H2,1-3H3. The first-order chi connectivity index (χ1) is 8.97. The van der Waals surface area contributed by atoms with Crippen LogP contribution in [0, 0.1) is 6.92 Å². The monoisotopic (exact) mass is 296 g/mol. The zero-order chi connectivity index (χ0) is 14.0. The molecule has 0 fully saturated rings. The number of hydrogen-bond donors (Lipinski definition) is 1. The SMILES string of the molecule is Cc1nc(N(C)Cc2ccc(Cl)cc2)sc1C(C)O. The largest absolute Gasteiger partial charge is 0.388 e. The lowest BCUT2D eigenvalue weighted by Crippen LogP contribution is -2.15. The predicted octanol–water partition coefficient (Wildman–Crippen LogP) is 3.79. The number of anilines is 1. The Morgan fingerprint density at radius 1 is 1.37 bits per heavy atom. The number of aliphatic hydroxyl groups is 1. The van der Waals surface area contributed by atoms with E-state index in [0.717, 1.165) is 27.3 Å². The lowest BCUT2D eigenvalue weighted by atomic mass is 10.2. The van der Waals surface area contributed by atoms with Crippen molar-refractivity contribution in [3.8, 4) is 0 Å². The Bertz CT molecular complexity index is 551. The molecule has 19 heavy (non-hydrogen) atoms. The maximum absolute atomic E-state index is 9.66. The van der Waals surface area contributed by atoms with Crippen LogP contribution < -0.4 is 4.90 Å². The van der Waals surface area contributed by atoms with E-state index in [1.165, 1.54) is 16.9 Å². The summed E-state index contributed by atoms with van der Waals surface area (Å²) in [5, 5.41) is 11.3. The van der Waals surface area contributed by atoms with Gasteiger partial charge in [0.25, 0.3) is 0 Å². The molecule has 1 atom stereocenters. The zero-order valence-corrected chi connectivity index (χ0v) is 12.8. The molecule has 0 bridgehead atoms. The molecule has 0 saturated heterocycles. The van der Waals surface area contributed by atoms with Gasteiger partial charge in [0.1, 0.15) is 0 Å². The Balaban J connectivity index is 2.13. The van der Waals surface area contributed by atoms with Crippen LogP contribution in [0.25, 0.3) is 0 Å². The Morgan fingerprint density at radius 2 is 2.00 bits per heavy atom. The molecule has 1 unspecified atom stereocenters. The van der Waals surface area contributed by atoms with E-state index in [-0.39, 0.29) is 0 Å². The normalized spacial score (nSPS) is 12.5. The molecule has 0 radical (unpaired) electrons. The summed E-state index contributed by atoms with van der Waals surface area (Å²) in [5.41, 5.74) is 2.08. The highest BCUT2D eigenvalue weighted by Gasteiger charge is 2.14. The fourth-order valence-electron chi connectivity index (χ4n) is 1.88. The fraction of sp³-hybridized carbons (Fsp3) is 0.357. The summed E-state index contributed by atoms with van der Waals surface area (Å²) < 4.78 is 0. The van der Waals surface area contributed by atoms with Crippen molar-refractivity contribution in [3.63, 3.8) is 0 Å². The van der Waals surface area contributed by atoms with Crippen LogP contribution in [0.4, 0.5) is 5.13 Å². The van der Waals surface area contributed by atoms with Gasteiger partial charge in [-0.15, -0.1) is 0 Å². The number of aromatic nitrogens is 1. The first-order valence-corrected chi connectivity index (χ1v) is 7.28. The first-order valence-electron chi connectivity index (χ1n) is 6.08. The smallest absolute Gasteiger partial charge is 0.185 e. The number of halogens is 1. The minimum absolute atomic E-state index is 0.463. The predicted molar refractivity (Wildman–Crippen MR) is 81.0 cm³/mol. The van der Waals surface area contributed by atoms with E-state index in [1.54, 1.807) is 6.92 Å². The van der Waals surface area contributed by atoms with E-state index in [2.05, 4.69) is 9.88 Å². The Hall–Kier alpha value is -1.10. The van der Waals surface area contributed by atoms with Crippen molar-refractivity contribution >= 4 is 28.1 Å². The molecule has 1 aromatic carbocycles. The molecule has 0 aliphatic carbocycles. The fourth-order valence-corrected chi connectivity index (χ4v) is 2.97.